The number of nitrogen functional groups attached to an aromatic ring is 1. The largest absolute Gasteiger partial charge is 0.438 e. The molecule has 1 aromatic carbocycles. The Morgan fingerprint density at radius 1 is 1.38 bits per heavy atom. The first kappa shape index (κ1) is 12.7. The van der Waals surface area contributed by atoms with Crippen LogP contribution in [0.5, 0.6) is 11.6 Å². The highest BCUT2D eigenvalue weighted by Gasteiger charge is 2.16. The summed E-state index contributed by atoms with van der Waals surface area (Å²) in [7, 11) is 0. The average molecular weight is 290 g/mol. The van der Waals surface area contributed by atoms with Gasteiger partial charge in [-0.2, -0.15) is 19.5 Å². The van der Waals surface area contributed by atoms with E-state index >= 15 is 0 Å². The lowest BCUT2D eigenvalue weighted by atomic mass is 10.3. The summed E-state index contributed by atoms with van der Waals surface area (Å²) in [6, 6.07) is 3.15. The fourth-order valence-electron chi connectivity index (χ4n) is 1.71. The third kappa shape index (κ3) is 2.29. The molecule has 0 radical (unpaired) electrons. The number of nitro groups is 1. The quantitative estimate of drug-likeness (QED) is 0.554. The predicted molar refractivity (Wildman–Crippen MR) is 69.2 cm³/mol. The second kappa shape index (κ2) is 4.67. The van der Waals surface area contributed by atoms with Crippen LogP contribution in [0, 0.1) is 15.9 Å². The van der Waals surface area contributed by atoms with E-state index in [-0.39, 0.29) is 17.6 Å². The first-order valence-corrected chi connectivity index (χ1v) is 5.63. The third-order valence-corrected chi connectivity index (χ3v) is 2.62. The lowest BCUT2D eigenvalue weighted by molar-refractivity contribution is -0.387. The Hall–Kier alpha value is -3.30. The van der Waals surface area contributed by atoms with E-state index in [1.165, 1.54) is 12.3 Å². The molecule has 0 fully saturated rings. The molecular weight excluding hydrogens is 283 g/mol. The third-order valence-electron chi connectivity index (χ3n) is 2.62. The molecule has 21 heavy (non-hydrogen) atoms. The molecule has 3 rings (SSSR count). The van der Waals surface area contributed by atoms with Crippen molar-refractivity contribution in [3.63, 3.8) is 0 Å². The van der Waals surface area contributed by atoms with Gasteiger partial charge in [0.1, 0.15) is 11.1 Å². The van der Waals surface area contributed by atoms with Gasteiger partial charge in [-0.05, 0) is 6.07 Å². The van der Waals surface area contributed by atoms with Crippen LogP contribution >= 0.6 is 0 Å². The molecule has 0 bridgehead atoms. The van der Waals surface area contributed by atoms with Crippen molar-refractivity contribution in [1.82, 2.24) is 20.2 Å². The van der Waals surface area contributed by atoms with Crippen molar-refractivity contribution in [3.8, 4) is 11.6 Å². The number of aromatic nitrogens is 4. The van der Waals surface area contributed by atoms with Gasteiger partial charge in [0.25, 0.3) is 0 Å². The zero-order valence-corrected chi connectivity index (χ0v) is 10.3. The van der Waals surface area contributed by atoms with E-state index in [1.54, 1.807) is 0 Å². The van der Waals surface area contributed by atoms with Crippen LogP contribution in [-0.2, 0) is 0 Å². The van der Waals surface area contributed by atoms with Gasteiger partial charge in [0.05, 0.1) is 11.1 Å². The molecule has 0 atom stereocenters. The molecular formula is C11H7FN6O3. The smallest absolute Gasteiger partial charge is 0.305 e. The van der Waals surface area contributed by atoms with Crippen LogP contribution in [-0.4, -0.2) is 25.1 Å². The highest BCUT2D eigenvalue weighted by molar-refractivity contribution is 5.80. The maximum absolute atomic E-state index is 13.5. The highest BCUT2D eigenvalue weighted by Crippen LogP contribution is 2.29. The molecule has 3 N–H and O–H groups in total. The normalized spacial score (nSPS) is 10.7. The molecule has 2 aromatic heterocycles. The molecule has 0 amide bonds. The first-order chi connectivity index (χ1) is 10.0. The number of nitrogens with zero attached hydrogens (tertiary/aromatic N) is 4. The summed E-state index contributed by atoms with van der Waals surface area (Å²) >= 11 is 0. The van der Waals surface area contributed by atoms with Crippen LogP contribution in [0.1, 0.15) is 0 Å². The molecule has 2 heterocycles. The van der Waals surface area contributed by atoms with Crippen LogP contribution in [0.2, 0.25) is 0 Å². The van der Waals surface area contributed by atoms with Gasteiger partial charge in [0.2, 0.25) is 17.6 Å². The molecule has 10 heteroatoms. The number of H-pyrrole nitrogens is 1. The van der Waals surface area contributed by atoms with Gasteiger partial charge in [-0.15, -0.1) is 0 Å². The van der Waals surface area contributed by atoms with Crippen molar-refractivity contribution in [1.29, 1.82) is 0 Å². The van der Waals surface area contributed by atoms with Crippen LogP contribution in [0.3, 0.4) is 0 Å². The fraction of sp³-hybridized carbons (Fsp3) is 0. The molecule has 3 aromatic rings. The zero-order valence-electron chi connectivity index (χ0n) is 10.3. The summed E-state index contributed by atoms with van der Waals surface area (Å²) in [5.41, 5.74) is 5.24. The Labute approximate surface area is 115 Å². The number of aromatic amines is 1. The Balaban J connectivity index is 2.00. The van der Waals surface area contributed by atoms with Crippen molar-refractivity contribution in [2.45, 2.75) is 0 Å². The number of halogens is 1. The lowest BCUT2D eigenvalue weighted by Gasteiger charge is -2.06. The summed E-state index contributed by atoms with van der Waals surface area (Å²) in [6.07, 6.45) is 1.42. The number of nitrogens with two attached hydrogens (primary N) is 1. The molecule has 0 aliphatic heterocycles. The number of nitro benzene ring substituents is 1. The van der Waals surface area contributed by atoms with Crippen molar-refractivity contribution in [2.24, 2.45) is 0 Å². The monoisotopic (exact) mass is 290 g/mol. The molecule has 0 saturated heterocycles. The minimum atomic E-state index is -1.01. The number of anilines is 1. The second-order valence-corrected chi connectivity index (χ2v) is 3.99. The van der Waals surface area contributed by atoms with Gasteiger partial charge in [0, 0.05) is 12.1 Å². The predicted octanol–water partition coefficient (Wildman–Crippen LogP) is 1.77. The maximum Gasteiger partial charge on any atom is 0.305 e. The summed E-state index contributed by atoms with van der Waals surface area (Å²) in [5, 5.41) is 17.4. The molecule has 0 saturated carbocycles. The van der Waals surface area contributed by atoms with Crippen LogP contribution in [0.25, 0.3) is 11.0 Å². The maximum atomic E-state index is 13.5. The Kier molecular flexibility index (Phi) is 2.83. The van der Waals surface area contributed by atoms with Gasteiger partial charge in [-0.3, -0.25) is 15.2 Å². The molecule has 0 unspecified atom stereocenters. The summed E-state index contributed by atoms with van der Waals surface area (Å²) in [4.78, 5) is 17.5. The first-order valence-electron chi connectivity index (χ1n) is 5.63. The van der Waals surface area contributed by atoms with E-state index in [0.717, 1.165) is 12.1 Å². The van der Waals surface area contributed by atoms with Gasteiger partial charge in [0.15, 0.2) is 5.65 Å². The van der Waals surface area contributed by atoms with E-state index in [9.17, 15) is 14.5 Å². The number of hydrogen-bond donors (Lipinski definition) is 2. The molecule has 9 nitrogen and oxygen atoms in total. The number of fused-ring (bicyclic) bond motifs is 1. The standard InChI is InChI=1S/C11H7FN6O3/c12-7-3-5(1-2-8(7)18(19)20)21-10-6-4-14-17-9(6)15-11(13)16-10/h1-4H,(H3,13,14,15,16,17). The van der Waals surface area contributed by atoms with Crippen LogP contribution < -0.4 is 10.5 Å². The molecule has 106 valence electrons. The van der Waals surface area contributed by atoms with Crippen molar-refractivity contribution >= 4 is 22.7 Å². The Bertz CT molecular complexity index is 849. The lowest BCUT2D eigenvalue weighted by Crippen LogP contribution is -1.98. The van der Waals surface area contributed by atoms with Crippen molar-refractivity contribution in [3.05, 3.63) is 40.3 Å². The minimum absolute atomic E-state index is 0.0405. The second-order valence-electron chi connectivity index (χ2n) is 3.99. The number of benzene rings is 1. The van der Waals surface area contributed by atoms with E-state index in [1.807, 2.05) is 0 Å². The summed E-state index contributed by atoms with van der Waals surface area (Å²) in [6.45, 7) is 0. The fourth-order valence-corrected chi connectivity index (χ4v) is 1.71. The van der Waals surface area contributed by atoms with Gasteiger partial charge < -0.3 is 10.5 Å². The average Bonchev–Trinajstić information content (AvgIpc) is 2.86. The van der Waals surface area contributed by atoms with E-state index < -0.39 is 16.4 Å². The van der Waals surface area contributed by atoms with E-state index in [0.29, 0.717) is 11.0 Å². The highest BCUT2D eigenvalue weighted by atomic mass is 19.1. The van der Waals surface area contributed by atoms with Crippen LogP contribution in [0.15, 0.2) is 24.4 Å². The Morgan fingerprint density at radius 3 is 2.90 bits per heavy atom. The van der Waals surface area contributed by atoms with Gasteiger partial charge in [-0.1, -0.05) is 0 Å². The van der Waals surface area contributed by atoms with E-state index in [2.05, 4.69) is 20.2 Å². The SMILES string of the molecule is Nc1nc(Oc2ccc([N+](=O)[O-])c(F)c2)c2cn[nH]c2n1. The number of hydrogen-bond acceptors (Lipinski definition) is 7. The molecule has 0 aliphatic rings. The van der Waals surface area contributed by atoms with E-state index in [4.69, 9.17) is 10.5 Å². The van der Waals surface area contributed by atoms with Gasteiger partial charge >= 0.3 is 5.69 Å². The summed E-state index contributed by atoms with van der Waals surface area (Å²) in [5.74, 6) is -0.953. The zero-order chi connectivity index (χ0) is 15.0. The minimum Gasteiger partial charge on any atom is -0.438 e. The van der Waals surface area contributed by atoms with Crippen LogP contribution in [0.4, 0.5) is 16.0 Å². The number of rotatable bonds is 3. The van der Waals surface area contributed by atoms with Crippen molar-refractivity contribution < 1.29 is 14.1 Å². The Morgan fingerprint density at radius 2 is 2.19 bits per heavy atom. The molecule has 0 aliphatic carbocycles. The van der Waals surface area contributed by atoms with Gasteiger partial charge in [-0.25, -0.2) is 0 Å². The number of nitrogens with one attached hydrogen (secondary N) is 1. The number of ether oxygens (including phenoxy) is 1. The molecule has 0 spiro atoms. The van der Waals surface area contributed by atoms with Crippen molar-refractivity contribution in [2.75, 3.05) is 5.73 Å². The topological polar surface area (TPSA) is 133 Å². The summed E-state index contributed by atoms with van der Waals surface area (Å²) < 4.78 is 18.9.